The minimum atomic E-state index is -0.379. The van der Waals surface area contributed by atoms with E-state index in [-0.39, 0.29) is 24.2 Å². The van der Waals surface area contributed by atoms with Gasteiger partial charge in [0.05, 0.1) is 5.92 Å². The fraction of sp³-hybridized carbons (Fsp3) is 0.375. The highest BCUT2D eigenvalue weighted by Gasteiger charge is 2.35. The van der Waals surface area contributed by atoms with Crippen LogP contribution in [-0.2, 0) is 16.0 Å². The second kappa shape index (κ2) is 6.98. The highest BCUT2D eigenvalue weighted by atomic mass is 79.9. The van der Waals surface area contributed by atoms with E-state index in [4.69, 9.17) is 0 Å². The average Bonchev–Trinajstić information content (AvgIpc) is 3.16. The maximum Gasteiger partial charge on any atom is 0.231 e. The lowest BCUT2D eigenvalue weighted by Crippen LogP contribution is -2.28. The van der Waals surface area contributed by atoms with E-state index in [2.05, 4.69) is 31.4 Å². The molecule has 1 saturated heterocycles. The van der Waals surface area contributed by atoms with Crippen LogP contribution >= 0.6 is 27.3 Å². The first-order valence-electron chi connectivity index (χ1n) is 7.67. The zero-order valence-electron chi connectivity index (χ0n) is 13.4. The molecular weight excluding hydrogens is 392 g/mol. The van der Waals surface area contributed by atoms with Crippen LogP contribution < -0.4 is 10.2 Å². The number of benzene rings is 1. The second-order valence-electron chi connectivity index (χ2n) is 5.68. The maximum atomic E-state index is 12.4. The zero-order valence-corrected chi connectivity index (χ0v) is 15.8. The molecule has 2 heterocycles. The van der Waals surface area contributed by atoms with E-state index in [1.165, 1.54) is 11.3 Å². The first kappa shape index (κ1) is 17.0. The quantitative estimate of drug-likeness (QED) is 0.842. The summed E-state index contributed by atoms with van der Waals surface area (Å²) in [4.78, 5) is 26.4. The Morgan fingerprint density at radius 3 is 2.92 bits per heavy atom. The number of carbonyl (C=O) groups excluding carboxylic acids is 2. The van der Waals surface area contributed by atoms with Gasteiger partial charge >= 0.3 is 0 Å². The van der Waals surface area contributed by atoms with Crippen molar-refractivity contribution < 1.29 is 9.59 Å². The summed E-state index contributed by atoms with van der Waals surface area (Å²) in [6.45, 7) is 4.34. The molecule has 0 spiro atoms. The van der Waals surface area contributed by atoms with E-state index in [1.54, 1.807) is 4.90 Å². The lowest BCUT2D eigenvalue weighted by Gasteiger charge is -2.17. The molecule has 1 fully saturated rings. The molecule has 1 aromatic heterocycles. The predicted molar refractivity (Wildman–Crippen MR) is 97.3 cm³/mol. The van der Waals surface area contributed by atoms with Crippen LogP contribution in [-0.4, -0.2) is 28.6 Å². The number of aryl methyl sites for hydroxylation is 2. The van der Waals surface area contributed by atoms with E-state index >= 15 is 0 Å². The summed E-state index contributed by atoms with van der Waals surface area (Å²) >= 11 is 4.82. The Balaban J connectivity index is 1.69. The van der Waals surface area contributed by atoms with Gasteiger partial charge in [0.25, 0.3) is 0 Å². The van der Waals surface area contributed by atoms with Gasteiger partial charge in [-0.3, -0.25) is 9.59 Å². The Kier molecular flexibility index (Phi) is 4.96. The normalized spacial score (nSPS) is 17.4. The number of anilines is 2. The summed E-state index contributed by atoms with van der Waals surface area (Å²) in [7, 11) is 0. The molecule has 0 bridgehead atoms. The first-order chi connectivity index (χ1) is 11.5. The van der Waals surface area contributed by atoms with Gasteiger partial charge in [-0.2, -0.15) is 0 Å². The second-order valence-corrected chi connectivity index (χ2v) is 7.60. The molecule has 1 unspecified atom stereocenters. The topological polar surface area (TPSA) is 75.2 Å². The molecule has 126 valence electrons. The largest absolute Gasteiger partial charge is 0.312 e. The summed E-state index contributed by atoms with van der Waals surface area (Å²) in [5.41, 5.74) is 1.87. The molecule has 1 aromatic carbocycles. The van der Waals surface area contributed by atoms with Crippen molar-refractivity contribution in [2.45, 2.75) is 26.7 Å². The molecule has 1 aliphatic rings. The fourth-order valence-electron chi connectivity index (χ4n) is 2.58. The molecule has 1 atom stereocenters. The number of amides is 2. The van der Waals surface area contributed by atoms with Gasteiger partial charge in [0.15, 0.2) is 0 Å². The van der Waals surface area contributed by atoms with Crippen molar-refractivity contribution in [3.05, 3.63) is 33.2 Å². The van der Waals surface area contributed by atoms with Crippen LogP contribution in [0, 0.1) is 12.8 Å². The number of halogens is 1. The number of nitrogens with one attached hydrogen (secondary N) is 1. The van der Waals surface area contributed by atoms with Gasteiger partial charge in [-0.15, -0.1) is 10.2 Å². The van der Waals surface area contributed by atoms with Crippen molar-refractivity contribution in [2.24, 2.45) is 5.92 Å². The molecule has 0 radical (unpaired) electrons. The van der Waals surface area contributed by atoms with E-state index in [0.717, 1.165) is 27.2 Å². The molecule has 2 amide bonds. The van der Waals surface area contributed by atoms with Crippen LogP contribution in [0.3, 0.4) is 0 Å². The Morgan fingerprint density at radius 2 is 2.25 bits per heavy atom. The molecular formula is C16H17BrN4O2S. The Hall–Kier alpha value is -1.80. The number of rotatable bonds is 4. The van der Waals surface area contributed by atoms with Gasteiger partial charge in [0.1, 0.15) is 5.01 Å². The van der Waals surface area contributed by atoms with Crippen LogP contribution in [0.1, 0.15) is 23.9 Å². The Labute approximate surface area is 152 Å². The van der Waals surface area contributed by atoms with Gasteiger partial charge in [-0.05, 0) is 37.1 Å². The third-order valence-corrected chi connectivity index (χ3v) is 5.82. The zero-order chi connectivity index (χ0) is 17.3. The van der Waals surface area contributed by atoms with Gasteiger partial charge in [-0.25, -0.2) is 0 Å². The fourth-order valence-corrected chi connectivity index (χ4v) is 3.51. The van der Waals surface area contributed by atoms with Gasteiger partial charge in [0.2, 0.25) is 16.9 Å². The van der Waals surface area contributed by atoms with Gasteiger partial charge in [0, 0.05) is 23.1 Å². The van der Waals surface area contributed by atoms with Crippen molar-refractivity contribution in [1.29, 1.82) is 0 Å². The molecule has 6 nitrogen and oxygen atoms in total. The lowest BCUT2D eigenvalue weighted by molar-refractivity contribution is -0.122. The number of nitrogens with zero attached hydrogens (tertiary/aromatic N) is 3. The van der Waals surface area contributed by atoms with Crippen molar-refractivity contribution in [3.63, 3.8) is 0 Å². The van der Waals surface area contributed by atoms with Crippen LogP contribution in [0.5, 0.6) is 0 Å². The SMILES string of the molecule is CCc1nnc(NC(=O)C2CC(=O)N(c3ccc(Br)c(C)c3)C2)s1. The third kappa shape index (κ3) is 3.49. The molecule has 0 aliphatic carbocycles. The van der Waals surface area contributed by atoms with Gasteiger partial charge in [-0.1, -0.05) is 34.2 Å². The minimum absolute atomic E-state index is 0.0385. The first-order valence-corrected chi connectivity index (χ1v) is 9.28. The number of hydrogen-bond acceptors (Lipinski definition) is 5. The van der Waals surface area contributed by atoms with E-state index in [1.807, 2.05) is 32.0 Å². The van der Waals surface area contributed by atoms with Crippen LogP contribution in [0.4, 0.5) is 10.8 Å². The van der Waals surface area contributed by atoms with E-state index in [0.29, 0.717) is 11.7 Å². The van der Waals surface area contributed by atoms with E-state index in [9.17, 15) is 9.59 Å². The minimum Gasteiger partial charge on any atom is -0.312 e. The van der Waals surface area contributed by atoms with E-state index < -0.39 is 0 Å². The Bertz CT molecular complexity index is 792. The van der Waals surface area contributed by atoms with Crippen molar-refractivity contribution in [1.82, 2.24) is 10.2 Å². The molecule has 8 heteroatoms. The molecule has 1 N–H and O–H groups in total. The highest BCUT2D eigenvalue weighted by molar-refractivity contribution is 9.10. The molecule has 2 aromatic rings. The summed E-state index contributed by atoms with van der Waals surface area (Å²) < 4.78 is 0.996. The van der Waals surface area contributed by atoms with Gasteiger partial charge < -0.3 is 10.2 Å². The molecule has 3 rings (SSSR count). The van der Waals surface area contributed by atoms with Crippen molar-refractivity contribution in [2.75, 3.05) is 16.8 Å². The molecule has 1 aliphatic heterocycles. The summed E-state index contributed by atoms with van der Waals surface area (Å²) in [5.74, 6) is -0.600. The predicted octanol–water partition coefficient (Wildman–Crippen LogP) is 3.16. The number of aromatic nitrogens is 2. The summed E-state index contributed by atoms with van der Waals surface area (Å²) in [6, 6.07) is 5.74. The number of carbonyl (C=O) groups is 2. The van der Waals surface area contributed by atoms with Crippen LogP contribution in [0.15, 0.2) is 22.7 Å². The van der Waals surface area contributed by atoms with Crippen LogP contribution in [0.25, 0.3) is 0 Å². The highest BCUT2D eigenvalue weighted by Crippen LogP contribution is 2.29. The molecule has 24 heavy (non-hydrogen) atoms. The monoisotopic (exact) mass is 408 g/mol. The van der Waals surface area contributed by atoms with Crippen molar-refractivity contribution >= 4 is 49.9 Å². The summed E-state index contributed by atoms with van der Waals surface area (Å²) in [5, 5.41) is 12.1. The standard InChI is InChI=1S/C16H17BrN4O2S/c1-3-13-19-20-16(24-13)18-15(23)10-7-14(22)21(8-10)11-4-5-12(17)9(2)6-11/h4-6,10H,3,7-8H2,1-2H3,(H,18,20,23). The van der Waals surface area contributed by atoms with Crippen molar-refractivity contribution in [3.8, 4) is 0 Å². The lowest BCUT2D eigenvalue weighted by atomic mass is 10.1. The summed E-state index contributed by atoms with van der Waals surface area (Å²) in [6.07, 6.45) is 0.993. The number of hydrogen-bond donors (Lipinski definition) is 1. The van der Waals surface area contributed by atoms with Crippen LogP contribution in [0.2, 0.25) is 0 Å². The Morgan fingerprint density at radius 1 is 1.46 bits per heavy atom. The average molecular weight is 409 g/mol. The smallest absolute Gasteiger partial charge is 0.231 e. The molecule has 0 saturated carbocycles. The third-order valence-electron chi connectivity index (χ3n) is 3.95. The maximum absolute atomic E-state index is 12.4.